The van der Waals surface area contributed by atoms with E-state index in [0.717, 1.165) is 25.9 Å². The predicted octanol–water partition coefficient (Wildman–Crippen LogP) is 1.58. The van der Waals surface area contributed by atoms with E-state index in [1.165, 1.54) is 24.3 Å². The van der Waals surface area contributed by atoms with Crippen molar-refractivity contribution in [3.63, 3.8) is 0 Å². The number of piperidine rings is 1. The average molecular weight is 407 g/mol. The normalized spacial score (nSPS) is 16.5. The fourth-order valence-electron chi connectivity index (χ4n) is 2.97. The van der Waals surface area contributed by atoms with E-state index in [0.29, 0.717) is 13.2 Å². The summed E-state index contributed by atoms with van der Waals surface area (Å²) in [5, 5.41) is 3.27. The third kappa shape index (κ3) is 5.92. The lowest BCUT2D eigenvalue weighted by atomic mass is 9.80. The van der Waals surface area contributed by atoms with Crippen LogP contribution in [0.3, 0.4) is 0 Å². The van der Waals surface area contributed by atoms with Gasteiger partial charge < -0.3 is 14.8 Å². The molecule has 2 rings (SSSR count). The summed E-state index contributed by atoms with van der Waals surface area (Å²) in [6, 6.07) is 5.88. The molecule has 2 N–H and O–H groups in total. The number of carbonyl (C=O) groups excluding carboxylic acids is 1. The summed E-state index contributed by atoms with van der Waals surface area (Å²) >= 11 is 0. The van der Waals surface area contributed by atoms with E-state index in [1.807, 2.05) is 0 Å². The summed E-state index contributed by atoms with van der Waals surface area (Å²) in [5.41, 5.74) is 0.00411. The highest BCUT2D eigenvalue weighted by Gasteiger charge is 2.33. The van der Waals surface area contributed by atoms with Crippen LogP contribution < -0.4 is 10.0 Å². The highest BCUT2D eigenvalue weighted by Crippen LogP contribution is 2.29. The second kappa shape index (κ2) is 10.2. The third-order valence-electron chi connectivity index (χ3n) is 4.41. The number of sulfonamides is 1. The molecule has 148 valence electrons. The number of rotatable bonds is 8. The number of hydrogen-bond acceptors (Lipinski definition) is 6. The Kier molecular flexibility index (Phi) is 8.99. The van der Waals surface area contributed by atoms with Gasteiger partial charge in [-0.25, -0.2) is 17.9 Å². The van der Waals surface area contributed by atoms with Crippen LogP contribution in [-0.2, 0) is 19.5 Å². The molecule has 1 saturated heterocycles. The van der Waals surface area contributed by atoms with Gasteiger partial charge in [-0.2, -0.15) is 0 Å². The van der Waals surface area contributed by atoms with Crippen LogP contribution in [0.5, 0.6) is 0 Å². The van der Waals surface area contributed by atoms with Crippen LogP contribution in [0.4, 0.5) is 0 Å². The van der Waals surface area contributed by atoms with E-state index in [4.69, 9.17) is 9.47 Å². The van der Waals surface area contributed by atoms with Crippen LogP contribution in [0.2, 0.25) is 0 Å². The molecule has 26 heavy (non-hydrogen) atoms. The zero-order chi connectivity index (χ0) is 18.3. The zero-order valence-electron chi connectivity index (χ0n) is 15.1. The second-order valence-electron chi connectivity index (χ2n) is 6.26. The van der Waals surface area contributed by atoms with E-state index < -0.39 is 16.0 Å². The van der Waals surface area contributed by atoms with Gasteiger partial charge in [-0.1, -0.05) is 6.07 Å². The minimum absolute atomic E-state index is 0. The number of esters is 1. The van der Waals surface area contributed by atoms with Crippen molar-refractivity contribution in [2.45, 2.75) is 24.7 Å². The van der Waals surface area contributed by atoms with Gasteiger partial charge in [0.15, 0.2) is 0 Å². The van der Waals surface area contributed by atoms with Crippen LogP contribution in [0.1, 0.15) is 30.1 Å². The van der Waals surface area contributed by atoms with E-state index >= 15 is 0 Å². The highest BCUT2D eigenvalue weighted by atomic mass is 35.5. The SMILES string of the molecule is CCOC(=O)c1cccc(S(=O)(=O)NCC2(COC)CCNCC2)c1.Cl. The van der Waals surface area contributed by atoms with Crippen LogP contribution in [0.15, 0.2) is 29.2 Å². The van der Waals surface area contributed by atoms with Gasteiger partial charge in [-0.05, 0) is 51.1 Å². The van der Waals surface area contributed by atoms with Crippen molar-refractivity contribution in [3.05, 3.63) is 29.8 Å². The minimum atomic E-state index is -3.72. The maximum atomic E-state index is 12.6. The molecule has 1 aromatic rings. The molecule has 0 amide bonds. The van der Waals surface area contributed by atoms with Crippen molar-refractivity contribution in [1.29, 1.82) is 0 Å². The maximum absolute atomic E-state index is 12.6. The summed E-state index contributed by atoms with van der Waals surface area (Å²) in [4.78, 5) is 11.9. The summed E-state index contributed by atoms with van der Waals surface area (Å²) < 4.78 is 38.2. The molecule has 7 nitrogen and oxygen atoms in total. The fraction of sp³-hybridized carbons (Fsp3) is 0.588. The monoisotopic (exact) mass is 406 g/mol. The Balaban J connectivity index is 0.00000338. The molecule has 1 fully saturated rings. The van der Waals surface area contributed by atoms with Gasteiger partial charge in [-0.15, -0.1) is 12.4 Å². The molecule has 1 aromatic carbocycles. The minimum Gasteiger partial charge on any atom is -0.462 e. The first kappa shape index (κ1) is 22.9. The molecule has 1 aliphatic heterocycles. The van der Waals surface area contributed by atoms with Crippen molar-refractivity contribution in [3.8, 4) is 0 Å². The van der Waals surface area contributed by atoms with E-state index in [1.54, 1.807) is 14.0 Å². The first-order valence-corrected chi connectivity index (χ1v) is 9.87. The van der Waals surface area contributed by atoms with E-state index in [2.05, 4.69) is 10.0 Å². The average Bonchev–Trinajstić information content (AvgIpc) is 2.62. The van der Waals surface area contributed by atoms with Gasteiger partial charge in [0.1, 0.15) is 0 Å². The Morgan fingerprint density at radius 2 is 2.00 bits per heavy atom. The van der Waals surface area contributed by atoms with Gasteiger partial charge >= 0.3 is 5.97 Å². The number of ether oxygens (including phenoxy) is 2. The Morgan fingerprint density at radius 1 is 1.31 bits per heavy atom. The molecule has 0 aromatic heterocycles. The number of carbonyl (C=O) groups is 1. The highest BCUT2D eigenvalue weighted by molar-refractivity contribution is 7.89. The molecule has 0 unspecified atom stereocenters. The lowest BCUT2D eigenvalue weighted by Gasteiger charge is -2.37. The number of nitrogens with one attached hydrogen (secondary N) is 2. The molecule has 0 saturated carbocycles. The molecule has 9 heteroatoms. The van der Waals surface area contributed by atoms with Crippen molar-refractivity contribution >= 4 is 28.4 Å². The Bertz CT molecular complexity index is 685. The quantitative estimate of drug-likeness (QED) is 0.636. The van der Waals surface area contributed by atoms with Crippen molar-refractivity contribution < 1.29 is 22.7 Å². The molecule has 0 aliphatic carbocycles. The van der Waals surface area contributed by atoms with Gasteiger partial charge in [-0.3, -0.25) is 0 Å². The van der Waals surface area contributed by atoms with Gasteiger partial charge in [0.05, 0.1) is 23.7 Å². The number of methoxy groups -OCH3 is 1. The number of hydrogen-bond donors (Lipinski definition) is 2. The van der Waals surface area contributed by atoms with Crippen LogP contribution in [0, 0.1) is 5.41 Å². The Labute approximate surface area is 161 Å². The van der Waals surface area contributed by atoms with Crippen LogP contribution >= 0.6 is 12.4 Å². The van der Waals surface area contributed by atoms with E-state index in [-0.39, 0.29) is 34.9 Å². The fourth-order valence-corrected chi connectivity index (χ4v) is 4.17. The zero-order valence-corrected chi connectivity index (χ0v) is 16.7. The summed E-state index contributed by atoms with van der Waals surface area (Å²) in [6.07, 6.45) is 1.68. The van der Waals surface area contributed by atoms with Crippen LogP contribution in [-0.4, -0.2) is 54.3 Å². The van der Waals surface area contributed by atoms with Crippen LogP contribution in [0.25, 0.3) is 0 Å². The van der Waals surface area contributed by atoms with E-state index in [9.17, 15) is 13.2 Å². The summed E-state index contributed by atoms with van der Waals surface area (Å²) in [5.74, 6) is -0.534. The lowest BCUT2D eigenvalue weighted by molar-refractivity contribution is 0.0526. The summed E-state index contributed by atoms with van der Waals surface area (Å²) in [6.45, 7) is 4.41. The first-order valence-electron chi connectivity index (χ1n) is 8.39. The Morgan fingerprint density at radius 3 is 2.62 bits per heavy atom. The Hall–Kier alpha value is -1.19. The molecule has 0 atom stereocenters. The van der Waals surface area contributed by atoms with Gasteiger partial charge in [0.25, 0.3) is 0 Å². The lowest BCUT2D eigenvalue weighted by Crippen LogP contribution is -2.47. The smallest absolute Gasteiger partial charge is 0.338 e. The third-order valence-corrected chi connectivity index (χ3v) is 5.81. The summed E-state index contributed by atoms with van der Waals surface area (Å²) in [7, 11) is -2.09. The topological polar surface area (TPSA) is 93.7 Å². The largest absolute Gasteiger partial charge is 0.462 e. The molecule has 1 heterocycles. The maximum Gasteiger partial charge on any atom is 0.338 e. The molecule has 0 bridgehead atoms. The predicted molar refractivity (Wildman–Crippen MR) is 101 cm³/mol. The molecular formula is C17H27ClN2O5S. The molecular weight excluding hydrogens is 380 g/mol. The van der Waals surface area contributed by atoms with Crippen molar-refractivity contribution in [2.24, 2.45) is 5.41 Å². The standard InChI is InChI=1S/C17H26N2O5S.ClH/c1-3-24-16(20)14-5-4-6-15(11-14)25(21,22)19-12-17(13-23-2)7-9-18-10-8-17;/h4-6,11,18-19H,3,7-10,12-13H2,1-2H3;1H. The molecule has 0 spiro atoms. The number of benzene rings is 1. The van der Waals surface area contributed by atoms with Crippen molar-refractivity contribution in [2.75, 3.05) is 40.0 Å². The van der Waals surface area contributed by atoms with Crippen molar-refractivity contribution in [1.82, 2.24) is 10.0 Å². The van der Waals surface area contributed by atoms with Gasteiger partial charge in [0, 0.05) is 19.1 Å². The number of halogens is 1. The van der Waals surface area contributed by atoms with Gasteiger partial charge in [0.2, 0.25) is 10.0 Å². The first-order chi connectivity index (χ1) is 11.9. The molecule has 0 radical (unpaired) electrons. The second-order valence-corrected chi connectivity index (χ2v) is 8.02. The molecule has 1 aliphatic rings.